The van der Waals surface area contributed by atoms with Gasteiger partial charge in [-0.3, -0.25) is 4.79 Å². The normalized spacial score (nSPS) is 22.0. The second kappa shape index (κ2) is 8.10. The van der Waals surface area contributed by atoms with Crippen LogP contribution in [0.15, 0.2) is 41.2 Å². The number of thioether (sulfide) groups is 1. The summed E-state index contributed by atoms with van der Waals surface area (Å²) in [7, 11) is 0. The van der Waals surface area contributed by atoms with E-state index < -0.39 is 0 Å². The molecule has 0 unspecified atom stereocenters. The smallest absolute Gasteiger partial charge is 0.227 e. The number of benzene rings is 1. The number of allylic oxidation sites excluding steroid dienone is 2. The Balaban J connectivity index is 1.80. The van der Waals surface area contributed by atoms with Crippen LogP contribution in [0.1, 0.15) is 52.6 Å². The first kappa shape index (κ1) is 21.0. The van der Waals surface area contributed by atoms with Crippen molar-refractivity contribution in [3.8, 4) is 0 Å². The van der Waals surface area contributed by atoms with Crippen LogP contribution in [0, 0.1) is 11.3 Å². The molecule has 1 aliphatic heterocycles. The molecule has 0 amide bonds. The molecule has 160 valence electrons. The number of nitrogens with one attached hydrogen (secondary N) is 1. The first-order valence-corrected chi connectivity index (χ1v) is 11.8. The van der Waals surface area contributed by atoms with E-state index in [1.807, 2.05) is 4.68 Å². The molecule has 0 bridgehead atoms. The van der Waals surface area contributed by atoms with E-state index in [-0.39, 0.29) is 23.2 Å². The number of anilines is 2. The van der Waals surface area contributed by atoms with Crippen LogP contribution in [-0.2, 0) is 4.79 Å². The van der Waals surface area contributed by atoms with E-state index in [9.17, 15) is 4.79 Å². The average molecular weight is 426 g/mol. The van der Waals surface area contributed by atoms with Crippen LogP contribution >= 0.6 is 11.8 Å². The molecule has 2 atom stereocenters. The third kappa shape index (κ3) is 3.75. The molecule has 1 aliphatic carbocycles. The second-order valence-corrected chi connectivity index (χ2v) is 9.87. The molecular weight excluding hydrogens is 394 g/mol. The summed E-state index contributed by atoms with van der Waals surface area (Å²) >= 11 is 1.62. The Morgan fingerprint density at radius 3 is 2.53 bits per heavy atom. The highest BCUT2D eigenvalue weighted by Gasteiger charge is 2.45. The van der Waals surface area contributed by atoms with Gasteiger partial charge in [-0.1, -0.05) is 50.7 Å². The number of aromatic nitrogens is 3. The van der Waals surface area contributed by atoms with Crippen LogP contribution in [0.3, 0.4) is 0 Å². The van der Waals surface area contributed by atoms with Gasteiger partial charge in [0, 0.05) is 30.9 Å². The fraction of sp³-hybridized carbons (Fsp3) is 0.522. The molecule has 4 rings (SSSR count). The molecule has 7 heteroatoms. The van der Waals surface area contributed by atoms with E-state index in [0.29, 0.717) is 6.42 Å². The minimum atomic E-state index is -0.258. The molecule has 0 fully saturated rings. The highest BCUT2D eigenvalue weighted by molar-refractivity contribution is 7.99. The molecule has 0 radical (unpaired) electrons. The fourth-order valence-electron chi connectivity index (χ4n) is 4.60. The van der Waals surface area contributed by atoms with Crippen LogP contribution < -0.4 is 10.2 Å². The Morgan fingerprint density at radius 1 is 1.20 bits per heavy atom. The Morgan fingerprint density at radius 2 is 1.90 bits per heavy atom. The number of carbonyl (C=O) groups excluding carboxylic acids is 1. The molecule has 1 aromatic carbocycles. The first-order valence-electron chi connectivity index (χ1n) is 10.8. The topological polar surface area (TPSA) is 63.1 Å². The number of ketones is 1. The van der Waals surface area contributed by atoms with Gasteiger partial charge in [0.1, 0.15) is 5.78 Å². The highest BCUT2D eigenvalue weighted by Crippen LogP contribution is 2.45. The molecular formula is C23H31N5OS. The molecule has 0 saturated heterocycles. The number of carbonyl (C=O) groups is 1. The minimum absolute atomic E-state index is 0.156. The number of fused-ring (bicyclic) bond motifs is 2. The largest absolute Gasteiger partial charge is 0.372 e. The van der Waals surface area contributed by atoms with Crippen LogP contribution in [0.4, 0.5) is 11.6 Å². The summed E-state index contributed by atoms with van der Waals surface area (Å²) in [4.78, 5) is 20.3. The van der Waals surface area contributed by atoms with E-state index >= 15 is 0 Å². The Kier molecular flexibility index (Phi) is 5.66. The van der Waals surface area contributed by atoms with E-state index in [2.05, 4.69) is 75.2 Å². The molecule has 0 spiro atoms. The van der Waals surface area contributed by atoms with Crippen molar-refractivity contribution < 1.29 is 4.79 Å². The van der Waals surface area contributed by atoms with E-state index in [4.69, 9.17) is 10.1 Å². The lowest BCUT2D eigenvalue weighted by atomic mass is 9.72. The summed E-state index contributed by atoms with van der Waals surface area (Å²) in [6.07, 6.45) is 2.75. The highest BCUT2D eigenvalue weighted by atomic mass is 32.2. The van der Waals surface area contributed by atoms with Crippen molar-refractivity contribution in [2.24, 2.45) is 11.3 Å². The Hall–Kier alpha value is -2.28. The fourth-order valence-corrected chi connectivity index (χ4v) is 5.16. The number of nitrogens with zero attached hydrogens (tertiary/aromatic N) is 4. The van der Waals surface area contributed by atoms with Gasteiger partial charge in [0.05, 0.1) is 12.0 Å². The predicted octanol–water partition coefficient (Wildman–Crippen LogP) is 4.75. The monoisotopic (exact) mass is 425 g/mol. The number of hydrogen-bond donors (Lipinski definition) is 1. The van der Waals surface area contributed by atoms with Crippen molar-refractivity contribution in [2.75, 3.05) is 29.1 Å². The van der Waals surface area contributed by atoms with Gasteiger partial charge in [0.2, 0.25) is 11.1 Å². The Bertz CT molecular complexity index is 958. The van der Waals surface area contributed by atoms with Crippen molar-refractivity contribution in [3.05, 3.63) is 41.6 Å². The van der Waals surface area contributed by atoms with Crippen LogP contribution in [-0.4, -0.2) is 39.4 Å². The molecule has 1 aromatic heterocycles. The Labute approximate surface area is 183 Å². The van der Waals surface area contributed by atoms with Crippen molar-refractivity contribution in [3.63, 3.8) is 0 Å². The molecule has 2 aliphatic rings. The van der Waals surface area contributed by atoms with Crippen molar-refractivity contribution in [2.45, 2.75) is 52.2 Å². The van der Waals surface area contributed by atoms with Crippen molar-refractivity contribution >= 4 is 29.2 Å². The zero-order chi connectivity index (χ0) is 21.5. The maximum atomic E-state index is 13.3. The molecule has 2 heterocycles. The predicted molar refractivity (Wildman–Crippen MR) is 123 cm³/mol. The maximum absolute atomic E-state index is 13.3. The molecule has 1 N–H and O–H groups in total. The lowest BCUT2D eigenvalue weighted by Crippen LogP contribution is -2.42. The summed E-state index contributed by atoms with van der Waals surface area (Å²) in [5.74, 6) is 1.63. The number of Topliss-reactive ketones (excluding diaryl/α,β-unsaturated/α-hetero) is 1. The van der Waals surface area contributed by atoms with Gasteiger partial charge in [-0.25, -0.2) is 4.68 Å². The number of rotatable bonds is 6. The third-order valence-electron chi connectivity index (χ3n) is 5.94. The van der Waals surface area contributed by atoms with E-state index in [1.54, 1.807) is 11.8 Å². The van der Waals surface area contributed by atoms with Crippen molar-refractivity contribution in [1.29, 1.82) is 0 Å². The standard InChI is InChI=1S/C23H31N5OS/c1-6-27(7-2)16-11-9-15(10-12-16)20-19-17(13-23(4,5)14-18(19)29)24-21-25-22(30-8-3)26-28(20)21/h9-13,19-20H,6-8,14H2,1-5H3,(H,24,25,26)/t19-,20-/m1/s1. The average Bonchev–Trinajstić information content (AvgIpc) is 3.09. The zero-order valence-corrected chi connectivity index (χ0v) is 19.3. The molecule has 0 saturated carbocycles. The second-order valence-electron chi connectivity index (χ2n) is 8.64. The minimum Gasteiger partial charge on any atom is -0.372 e. The van der Waals surface area contributed by atoms with Crippen LogP contribution in [0.25, 0.3) is 0 Å². The van der Waals surface area contributed by atoms with Gasteiger partial charge in [0.15, 0.2) is 0 Å². The van der Waals surface area contributed by atoms with Crippen LogP contribution in [0.2, 0.25) is 0 Å². The summed E-state index contributed by atoms with van der Waals surface area (Å²) in [6, 6.07) is 8.42. The summed E-state index contributed by atoms with van der Waals surface area (Å²) in [5.41, 5.74) is 3.10. The SMILES string of the molecule is CCSc1nc2n(n1)[C@H](c1ccc(N(CC)CC)cc1)[C@H]1C(=O)CC(C)(C)C=C1N2. The van der Waals surface area contributed by atoms with Gasteiger partial charge in [-0.05, 0) is 42.7 Å². The molecule has 2 aromatic rings. The number of hydrogen-bond acceptors (Lipinski definition) is 6. The van der Waals surface area contributed by atoms with Crippen molar-refractivity contribution in [1.82, 2.24) is 14.8 Å². The molecule has 6 nitrogen and oxygen atoms in total. The summed E-state index contributed by atoms with van der Waals surface area (Å²) in [5, 5.41) is 8.93. The lowest BCUT2D eigenvalue weighted by Gasteiger charge is -2.40. The molecule has 30 heavy (non-hydrogen) atoms. The summed E-state index contributed by atoms with van der Waals surface area (Å²) < 4.78 is 1.92. The van der Waals surface area contributed by atoms with Gasteiger partial charge < -0.3 is 10.2 Å². The third-order valence-corrected chi connectivity index (χ3v) is 6.66. The lowest BCUT2D eigenvalue weighted by molar-refractivity contribution is -0.125. The van der Waals surface area contributed by atoms with Crippen LogP contribution in [0.5, 0.6) is 0 Å². The van der Waals surface area contributed by atoms with E-state index in [1.165, 1.54) is 5.69 Å². The first-order chi connectivity index (χ1) is 14.4. The van der Waals surface area contributed by atoms with Gasteiger partial charge in [-0.15, -0.1) is 5.10 Å². The zero-order valence-electron chi connectivity index (χ0n) is 18.5. The maximum Gasteiger partial charge on any atom is 0.227 e. The van der Waals surface area contributed by atoms with Gasteiger partial charge >= 0.3 is 0 Å². The van der Waals surface area contributed by atoms with Gasteiger partial charge in [-0.2, -0.15) is 4.98 Å². The van der Waals surface area contributed by atoms with Gasteiger partial charge in [0.25, 0.3) is 0 Å². The quantitative estimate of drug-likeness (QED) is 0.674. The van der Waals surface area contributed by atoms with E-state index in [0.717, 1.165) is 41.2 Å². The summed E-state index contributed by atoms with van der Waals surface area (Å²) in [6.45, 7) is 12.6.